The van der Waals surface area contributed by atoms with E-state index in [9.17, 15) is 13.2 Å². The van der Waals surface area contributed by atoms with Crippen LogP contribution >= 0.6 is 0 Å². The maximum absolute atomic E-state index is 12.9. The second kappa shape index (κ2) is 8.56. The molecule has 9 nitrogen and oxygen atoms in total. The first kappa shape index (κ1) is 21.5. The number of sulfonamides is 1. The number of nitrogens with zero attached hydrogens (tertiary/aromatic N) is 3. The Hall–Kier alpha value is -4.31. The second-order valence-electron chi connectivity index (χ2n) is 7.66. The van der Waals surface area contributed by atoms with Crippen LogP contribution in [0.25, 0.3) is 22.8 Å². The molecule has 0 saturated carbocycles. The molecule has 1 amide bonds. The molecule has 0 aliphatic carbocycles. The summed E-state index contributed by atoms with van der Waals surface area (Å²) >= 11 is 0. The molecular weight excluding hydrogens is 452 g/mol. The van der Waals surface area contributed by atoms with Crippen LogP contribution < -0.4 is 10.0 Å². The van der Waals surface area contributed by atoms with Crippen molar-refractivity contribution in [2.24, 2.45) is 4.99 Å². The van der Waals surface area contributed by atoms with E-state index in [-0.39, 0.29) is 10.7 Å². The molecule has 5 rings (SSSR count). The molecule has 34 heavy (non-hydrogen) atoms. The standard InChI is InChI=1S/C24H20N6O3S/c1-15(25-23-18-12-6-8-14-20(18)34(32,33)30-23)24(31)26-19-13-7-5-11-17(19)22-27-21(28-29-22)16-9-3-2-4-10-16/h2-15H,1H3,(H,25,30)(H,26,31)(H,27,28,29)/t15-/m0/s1. The van der Waals surface area contributed by atoms with E-state index in [2.05, 4.69) is 30.2 Å². The molecule has 0 saturated heterocycles. The predicted molar refractivity (Wildman–Crippen MR) is 129 cm³/mol. The summed E-state index contributed by atoms with van der Waals surface area (Å²) in [5, 5.41) is 10.1. The third-order valence-corrected chi connectivity index (χ3v) is 6.72. The summed E-state index contributed by atoms with van der Waals surface area (Å²) in [5.74, 6) is 0.801. The zero-order valence-electron chi connectivity index (χ0n) is 18.1. The molecule has 1 aromatic heterocycles. The fraction of sp³-hybridized carbons (Fsp3) is 0.0833. The zero-order chi connectivity index (χ0) is 23.7. The molecule has 1 atom stereocenters. The van der Waals surface area contributed by atoms with Crippen molar-refractivity contribution >= 4 is 27.5 Å². The smallest absolute Gasteiger partial charge is 0.263 e. The average molecular weight is 473 g/mol. The first-order valence-corrected chi connectivity index (χ1v) is 12.0. The Morgan fingerprint density at radius 1 is 0.941 bits per heavy atom. The number of hydrogen-bond acceptors (Lipinski definition) is 6. The summed E-state index contributed by atoms with van der Waals surface area (Å²) in [5.41, 5.74) is 2.51. The number of aliphatic imine (C=N–C) groups is 1. The van der Waals surface area contributed by atoms with Gasteiger partial charge in [-0.15, -0.1) is 0 Å². The molecular formula is C24H20N6O3S. The number of benzene rings is 3. The zero-order valence-corrected chi connectivity index (χ0v) is 18.9. The molecule has 1 aliphatic rings. The number of anilines is 1. The van der Waals surface area contributed by atoms with Crippen LogP contribution in [0, 0.1) is 0 Å². The quantitative estimate of drug-likeness (QED) is 0.411. The predicted octanol–water partition coefficient (Wildman–Crippen LogP) is 3.20. The third kappa shape index (κ3) is 4.06. The number of rotatable bonds is 5. The van der Waals surface area contributed by atoms with E-state index < -0.39 is 22.0 Å². The van der Waals surface area contributed by atoms with Crippen LogP contribution in [0.5, 0.6) is 0 Å². The lowest BCUT2D eigenvalue weighted by Crippen LogP contribution is -2.29. The Labute approximate surface area is 196 Å². The van der Waals surface area contributed by atoms with Crippen LogP contribution in [0.15, 0.2) is 88.8 Å². The summed E-state index contributed by atoms with van der Waals surface area (Å²) in [7, 11) is -3.68. The molecule has 1 aliphatic heterocycles. The number of amidine groups is 1. The Kier molecular flexibility index (Phi) is 5.42. The van der Waals surface area contributed by atoms with Gasteiger partial charge in [0, 0.05) is 16.7 Å². The van der Waals surface area contributed by atoms with E-state index in [4.69, 9.17) is 0 Å². The van der Waals surface area contributed by atoms with Gasteiger partial charge in [-0.05, 0) is 31.2 Å². The molecule has 0 fully saturated rings. The third-order valence-electron chi connectivity index (χ3n) is 5.32. The molecule has 4 aromatic rings. The van der Waals surface area contributed by atoms with Gasteiger partial charge in [0.15, 0.2) is 11.6 Å². The normalized spacial score (nSPS) is 16.0. The molecule has 0 unspecified atom stereocenters. The molecule has 170 valence electrons. The van der Waals surface area contributed by atoms with Crippen LogP contribution in [0.3, 0.4) is 0 Å². The van der Waals surface area contributed by atoms with Crippen molar-refractivity contribution in [2.75, 3.05) is 5.32 Å². The van der Waals surface area contributed by atoms with Gasteiger partial charge < -0.3 is 5.32 Å². The van der Waals surface area contributed by atoms with Crippen LogP contribution in [0.1, 0.15) is 12.5 Å². The van der Waals surface area contributed by atoms with Gasteiger partial charge in [0.2, 0.25) is 5.91 Å². The minimum absolute atomic E-state index is 0.145. The van der Waals surface area contributed by atoms with Crippen molar-refractivity contribution in [2.45, 2.75) is 17.9 Å². The van der Waals surface area contributed by atoms with E-state index >= 15 is 0 Å². The number of amides is 1. The fourth-order valence-corrected chi connectivity index (χ4v) is 4.86. The maximum Gasteiger partial charge on any atom is 0.263 e. The number of para-hydroxylation sites is 1. The number of carbonyl (C=O) groups is 1. The lowest BCUT2D eigenvalue weighted by molar-refractivity contribution is -0.117. The Morgan fingerprint density at radius 2 is 1.62 bits per heavy atom. The molecule has 2 heterocycles. The van der Waals surface area contributed by atoms with Crippen LogP contribution in [0.2, 0.25) is 0 Å². The Balaban J connectivity index is 1.39. The monoisotopic (exact) mass is 472 g/mol. The van der Waals surface area contributed by atoms with E-state index in [0.29, 0.717) is 28.5 Å². The minimum atomic E-state index is -3.68. The van der Waals surface area contributed by atoms with Gasteiger partial charge in [0.25, 0.3) is 10.0 Å². The molecule has 0 spiro atoms. The maximum atomic E-state index is 12.9. The highest BCUT2D eigenvalue weighted by molar-refractivity contribution is 7.90. The van der Waals surface area contributed by atoms with E-state index in [1.165, 1.54) is 6.07 Å². The van der Waals surface area contributed by atoms with Gasteiger partial charge in [-0.25, -0.2) is 13.4 Å². The summed E-state index contributed by atoms with van der Waals surface area (Å²) in [6.45, 7) is 1.60. The van der Waals surface area contributed by atoms with Crippen molar-refractivity contribution in [1.29, 1.82) is 0 Å². The van der Waals surface area contributed by atoms with E-state index in [1.54, 1.807) is 37.3 Å². The van der Waals surface area contributed by atoms with Crippen molar-refractivity contribution in [1.82, 2.24) is 19.9 Å². The Morgan fingerprint density at radius 3 is 2.41 bits per heavy atom. The van der Waals surface area contributed by atoms with Crippen molar-refractivity contribution in [3.8, 4) is 22.8 Å². The van der Waals surface area contributed by atoms with Crippen molar-refractivity contribution in [3.05, 3.63) is 84.4 Å². The lowest BCUT2D eigenvalue weighted by Gasteiger charge is -2.12. The first-order chi connectivity index (χ1) is 16.4. The summed E-state index contributed by atoms with van der Waals surface area (Å²) in [6, 6.07) is 22.4. The minimum Gasteiger partial charge on any atom is -0.324 e. The van der Waals surface area contributed by atoms with Crippen molar-refractivity contribution < 1.29 is 13.2 Å². The molecule has 0 bridgehead atoms. The fourth-order valence-electron chi connectivity index (χ4n) is 3.62. The lowest BCUT2D eigenvalue weighted by atomic mass is 10.1. The van der Waals surface area contributed by atoms with Crippen molar-refractivity contribution in [3.63, 3.8) is 0 Å². The summed E-state index contributed by atoms with van der Waals surface area (Å²) in [6.07, 6.45) is 0. The van der Waals surface area contributed by atoms with Gasteiger partial charge in [-0.2, -0.15) is 5.10 Å². The van der Waals surface area contributed by atoms with Crippen LogP contribution in [-0.2, 0) is 14.8 Å². The molecule has 10 heteroatoms. The highest BCUT2D eigenvalue weighted by Crippen LogP contribution is 2.27. The number of fused-ring (bicyclic) bond motifs is 1. The average Bonchev–Trinajstić information content (AvgIpc) is 3.43. The summed E-state index contributed by atoms with van der Waals surface area (Å²) < 4.78 is 27.0. The number of aromatic nitrogens is 3. The molecule has 0 radical (unpaired) electrons. The van der Waals surface area contributed by atoms with Crippen LogP contribution in [0.4, 0.5) is 5.69 Å². The van der Waals surface area contributed by atoms with Gasteiger partial charge in [-0.1, -0.05) is 54.6 Å². The second-order valence-corrected chi connectivity index (χ2v) is 9.31. The number of hydrogen-bond donors (Lipinski definition) is 3. The summed E-state index contributed by atoms with van der Waals surface area (Å²) in [4.78, 5) is 22.0. The van der Waals surface area contributed by atoms with Gasteiger partial charge >= 0.3 is 0 Å². The number of carbonyl (C=O) groups excluding carboxylic acids is 1. The van der Waals surface area contributed by atoms with E-state index in [0.717, 1.165) is 5.56 Å². The Bertz CT molecular complexity index is 1510. The van der Waals surface area contributed by atoms with Crippen LogP contribution in [-0.4, -0.2) is 41.4 Å². The number of nitrogens with one attached hydrogen (secondary N) is 3. The topological polar surface area (TPSA) is 129 Å². The number of H-pyrrole nitrogens is 1. The van der Waals surface area contributed by atoms with E-state index in [1.807, 2.05) is 42.5 Å². The number of aromatic amines is 1. The molecule has 3 aromatic carbocycles. The SMILES string of the molecule is C[C@H](N=C1NS(=O)(=O)c2ccccc21)C(=O)Nc1ccccc1-c1nc(-c2ccccc2)n[nH]1. The molecule has 3 N–H and O–H groups in total. The van der Waals surface area contributed by atoms with Gasteiger partial charge in [-0.3, -0.25) is 19.6 Å². The largest absolute Gasteiger partial charge is 0.324 e. The highest BCUT2D eigenvalue weighted by Gasteiger charge is 2.31. The van der Waals surface area contributed by atoms with Gasteiger partial charge in [0.1, 0.15) is 11.9 Å². The highest BCUT2D eigenvalue weighted by atomic mass is 32.2. The first-order valence-electron chi connectivity index (χ1n) is 10.5. The van der Waals surface area contributed by atoms with Gasteiger partial charge in [0.05, 0.1) is 10.6 Å².